The van der Waals surface area contributed by atoms with Crippen LogP contribution in [-0.4, -0.2) is 44.6 Å². The Kier molecular flexibility index (Phi) is 12.2. The Bertz CT molecular complexity index is 576. The number of aliphatic hydroxyl groups excluding tert-OH is 2. The zero-order chi connectivity index (χ0) is 19.9. The van der Waals surface area contributed by atoms with Crippen molar-refractivity contribution >= 4 is 11.9 Å². The summed E-state index contributed by atoms with van der Waals surface area (Å²) in [7, 11) is 0. The molecule has 0 spiro atoms. The second-order valence-corrected chi connectivity index (χ2v) is 5.49. The summed E-state index contributed by atoms with van der Waals surface area (Å²) in [5, 5.41) is 34.3. The second-order valence-electron chi connectivity index (χ2n) is 5.49. The van der Waals surface area contributed by atoms with E-state index < -0.39 is 11.9 Å². The number of carbonyl (C=O) groups is 2. The Labute approximate surface area is 153 Å². The van der Waals surface area contributed by atoms with Crippen molar-refractivity contribution in [2.45, 2.75) is 38.9 Å². The highest BCUT2D eigenvalue weighted by Gasteiger charge is 2.03. The summed E-state index contributed by atoms with van der Waals surface area (Å²) in [5.74, 6) is -1.76. The number of carboxylic acids is 2. The van der Waals surface area contributed by atoms with Crippen molar-refractivity contribution in [2.75, 3.05) is 0 Å². The van der Waals surface area contributed by atoms with Gasteiger partial charge in [0.2, 0.25) is 0 Å². The van der Waals surface area contributed by atoms with Gasteiger partial charge in [0.05, 0.1) is 23.3 Å². The summed E-state index contributed by atoms with van der Waals surface area (Å²) in [5.41, 5.74) is 0.662. The molecule has 2 aromatic rings. The van der Waals surface area contributed by atoms with Crippen molar-refractivity contribution in [1.82, 2.24) is 0 Å². The highest BCUT2D eigenvalue weighted by Crippen LogP contribution is 1.99. The Hall–Kier alpha value is -2.70. The molecule has 0 aliphatic rings. The van der Waals surface area contributed by atoms with Crippen molar-refractivity contribution in [3.05, 3.63) is 71.8 Å². The van der Waals surface area contributed by atoms with Crippen LogP contribution in [0.4, 0.5) is 0 Å². The highest BCUT2D eigenvalue weighted by atomic mass is 16.4. The van der Waals surface area contributed by atoms with E-state index in [4.69, 9.17) is 20.4 Å². The fourth-order valence-corrected chi connectivity index (χ4v) is 1.72. The van der Waals surface area contributed by atoms with Gasteiger partial charge in [0, 0.05) is 0 Å². The third-order valence-corrected chi connectivity index (χ3v) is 3.13. The van der Waals surface area contributed by atoms with Crippen LogP contribution in [0.15, 0.2) is 60.7 Å². The molecule has 0 fully saturated rings. The van der Waals surface area contributed by atoms with Crippen molar-refractivity contribution in [3.63, 3.8) is 0 Å². The normalized spacial score (nSPS) is 11.7. The molecule has 2 rings (SSSR count). The zero-order valence-corrected chi connectivity index (χ0v) is 14.9. The molecule has 0 bridgehead atoms. The molecule has 0 aliphatic heterocycles. The van der Waals surface area contributed by atoms with Gasteiger partial charge in [0.25, 0.3) is 0 Å². The summed E-state index contributed by atoms with van der Waals surface area (Å²) in [4.78, 5) is 20.4. The first-order valence-corrected chi connectivity index (χ1v) is 8.20. The van der Waals surface area contributed by atoms with Crippen LogP contribution in [0.3, 0.4) is 0 Å². The maximum Gasteiger partial charge on any atom is 0.335 e. The third-order valence-electron chi connectivity index (χ3n) is 3.13. The molecule has 0 radical (unpaired) electrons. The smallest absolute Gasteiger partial charge is 0.335 e. The summed E-state index contributed by atoms with van der Waals surface area (Å²) in [6, 6.07) is 16.6. The molecular weight excluding hydrogens is 336 g/mol. The molecule has 0 saturated heterocycles. The van der Waals surface area contributed by atoms with Crippen LogP contribution in [0.2, 0.25) is 0 Å². The number of carboxylic acid groups (broad SMARTS) is 2. The number of hydrogen-bond acceptors (Lipinski definition) is 4. The quantitative estimate of drug-likeness (QED) is 0.649. The summed E-state index contributed by atoms with van der Waals surface area (Å²) in [6.07, 6.45) is 0.529. The molecule has 142 valence electrons. The van der Waals surface area contributed by atoms with Crippen LogP contribution in [0.5, 0.6) is 0 Å². The highest BCUT2D eigenvalue weighted by molar-refractivity contribution is 5.87. The van der Waals surface area contributed by atoms with Crippen molar-refractivity contribution in [1.29, 1.82) is 0 Å². The average molecular weight is 362 g/mol. The van der Waals surface area contributed by atoms with E-state index in [2.05, 4.69) is 0 Å². The number of aliphatic hydroxyl groups is 2. The molecule has 2 unspecified atom stereocenters. The summed E-state index contributed by atoms with van der Waals surface area (Å²) >= 11 is 0. The average Bonchev–Trinajstić information content (AvgIpc) is 2.63. The van der Waals surface area contributed by atoms with Gasteiger partial charge < -0.3 is 20.4 Å². The van der Waals surface area contributed by atoms with Crippen LogP contribution < -0.4 is 0 Å². The molecule has 2 aromatic carbocycles. The molecule has 2 atom stereocenters. The topological polar surface area (TPSA) is 115 Å². The van der Waals surface area contributed by atoms with Crippen LogP contribution >= 0.6 is 0 Å². The number of rotatable bonds is 5. The van der Waals surface area contributed by atoms with Crippen LogP contribution in [0.1, 0.15) is 47.4 Å². The molecule has 6 nitrogen and oxygen atoms in total. The van der Waals surface area contributed by atoms with E-state index in [0.717, 1.165) is 6.42 Å². The number of benzene rings is 2. The van der Waals surface area contributed by atoms with Crippen molar-refractivity contribution < 1.29 is 30.0 Å². The summed E-state index contributed by atoms with van der Waals surface area (Å²) < 4.78 is 0. The lowest BCUT2D eigenvalue weighted by molar-refractivity contribution is 0.0686. The number of aromatic carboxylic acids is 2. The van der Waals surface area contributed by atoms with Gasteiger partial charge in [-0.1, -0.05) is 43.3 Å². The fourth-order valence-electron chi connectivity index (χ4n) is 1.72. The van der Waals surface area contributed by atoms with Gasteiger partial charge in [-0.3, -0.25) is 0 Å². The van der Waals surface area contributed by atoms with Gasteiger partial charge >= 0.3 is 11.9 Å². The Morgan fingerprint density at radius 1 is 0.808 bits per heavy atom. The lowest BCUT2D eigenvalue weighted by Crippen LogP contribution is -2.13. The zero-order valence-electron chi connectivity index (χ0n) is 14.9. The molecule has 0 aliphatic carbocycles. The van der Waals surface area contributed by atoms with E-state index in [1.165, 1.54) is 0 Å². The van der Waals surface area contributed by atoms with Gasteiger partial charge in [-0.25, -0.2) is 9.59 Å². The largest absolute Gasteiger partial charge is 0.478 e. The molecule has 0 saturated carbocycles. The fraction of sp³-hybridized carbons (Fsp3) is 0.300. The molecule has 0 heterocycles. The Morgan fingerprint density at radius 3 is 1.31 bits per heavy atom. The predicted octanol–water partition coefficient (Wildman–Crippen LogP) is 3.30. The molecule has 26 heavy (non-hydrogen) atoms. The molecule has 0 aromatic heterocycles. The monoisotopic (exact) mass is 362 g/mol. The van der Waals surface area contributed by atoms with Crippen LogP contribution in [0.25, 0.3) is 0 Å². The van der Waals surface area contributed by atoms with Crippen LogP contribution in [-0.2, 0) is 0 Å². The minimum Gasteiger partial charge on any atom is -0.478 e. The lowest BCUT2D eigenvalue weighted by Gasteiger charge is -2.08. The first-order valence-electron chi connectivity index (χ1n) is 8.20. The summed E-state index contributed by atoms with van der Waals surface area (Å²) in [6.45, 7) is 3.58. The molecular formula is C20H26O6. The van der Waals surface area contributed by atoms with E-state index in [-0.39, 0.29) is 12.2 Å². The van der Waals surface area contributed by atoms with Gasteiger partial charge in [0.15, 0.2) is 0 Å². The van der Waals surface area contributed by atoms with Crippen LogP contribution in [0, 0.1) is 0 Å². The molecule has 4 N–H and O–H groups in total. The maximum absolute atomic E-state index is 10.2. The Balaban J connectivity index is 0.000000362. The minimum atomic E-state index is -0.879. The van der Waals surface area contributed by atoms with E-state index >= 15 is 0 Å². The van der Waals surface area contributed by atoms with E-state index in [1.807, 2.05) is 6.92 Å². The molecule has 0 amide bonds. The van der Waals surface area contributed by atoms with Gasteiger partial charge in [0.1, 0.15) is 0 Å². The minimum absolute atomic E-state index is 0.324. The van der Waals surface area contributed by atoms with Gasteiger partial charge in [-0.05, 0) is 44.0 Å². The standard InChI is InChI=1S/2C7H6O2.C6H14O2/c2*8-7(9)6-4-2-1-3-5-6;1-3-6(8)4-5(2)7/h2*1-5H,(H,8,9);5-8H,3-4H2,1-2H3. The van der Waals surface area contributed by atoms with E-state index in [9.17, 15) is 9.59 Å². The molecule has 6 heteroatoms. The Morgan fingerprint density at radius 2 is 1.15 bits per heavy atom. The SMILES string of the molecule is CCC(O)CC(C)O.O=C(O)c1ccccc1.O=C(O)c1ccccc1. The first-order chi connectivity index (χ1) is 12.3. The second kappa shape index (κ2) is 13.6. The number of hydrogen-bond donors (Lipinski definition) is 4. The first kappa shape index (κ1) is 23.3. The predicted molar refractivity (Wildman–Crippen MR) is 99.4 cm³/mol. The lowest BCUT2D eigenvalue weighted by atomic mass is 10.1. The van der Waals surface area contributed by atoms with Crippen molar-refractivity contribution in [2.24, 2.45) is 0 Å². The third kappa shape index (κ3) is 11.8. The van der Waals surface area contributed by atoms with E-state index in [1.54, 1.807) is 67.6 Å². The van der Waals surface area contributed by atoms with Crippen molar-refractivity contribution in [3.8, 4) is 0 Å². The van der Waals surface area contributed by atoms with E-state index in [0.29, 0.717) is 17.5 Å². The maximum atomic E-state index is 10.2. The van der Waals surface area contributed by atoms with Gasteiger partial charge in [-0.2, -0.15) is 0 Å². The van der Waals surface area contributed by atoms with Gasteiger partial charge in [-0.15, -0.1) is 0 Å².